The van der Waals surface area contributed by atoms with Crippen LogP contribution in [0.5, 0.6) is 0 Å². The largest absolute Gasteiger partial charge is 0.364 e. The third kappa shape index (κ3) is 4.25. The van der Waals surface area contributed by atoms with E-state index in [-0.39, 0.29) is 5.78 Å². The van der Waals surface area contributed by atoms with Crippen LogP contribution < -0.4 is 0 Å². The number of aryl methyl sites for hydroxylation is 1. The number of hydrogen-bond acceptors (Lipinski definition) is 4. The van der Waals surface area contributed by atoms with Crippen molar-refractivity contribution in [3.05, 3.63) is 48.1 Å². The minimum atomic E-state index is -1.25. The van der Waals surface area contributed by atoms with Crippen LogP contribution in [0.15, 0.2) is 36.8 Å². The maximum atomic E-state index is 11.8. The lowest BCUT2D eigenvalue weighted by molar-refractivity contribution is -0.114. The molecule has 0 radical (unpaired) electrons. The van der Waals surface area contributed by atoms with Crippen LogP contribution in [0.3, 0.4) is 0 Å². The van der Waals surface area contributed by atoms with Crippen molar-refractivity contribution >= 4 is 30.5 Å². The molecule has 0 saturated heterocycles. The molecule has 1 aliphatic rings. The molecule has 4 rings (SSSR count). The highest BCUT2D eigenvalue weighted by atomic mass is 28.3. The first-order valence-corrected chi connectivity index (χ1v) is 13.8. The van der Waals surface area contributed by atoms with Crippen molar-refractivity contribution in [2.24, 2.45) is 0 Å². The summed E-state index contributed by atoms with van der Waals surface area (Å²) in [6.45, 7) is 9.39. The zero-order valence-electron chi connectivity index (χ0n) is 17.6. The van der Waals surface area contributed by atoms with E-state index in [0.29, 0.717) is 13.2 Å². The molecule has 0 N–H and O–H groups in total. The number of nitrogens with zero attached hydrogens (tertiary/aromatic N) is 4. The van der Waals surface area contributed by atoms with Crippen LogP contribution in [0.2, 0.25) is 19.6 Å². The Morgan fingerprint density at radius 3 is 2.79 bits per heavy atom. The normalized spacial score (nSPS) is 15.2. The van der Waals surface area contributed by atoms with Crippen molar-refractivity contribution in [2.75, 3.05) is 6.23 Å². The van der Waals surface area contributed by atoms with Crippen molar-refractivity contribution in [1.82, 2.24) is 19.3 Å². The van der Waals surface area contributed by atoms with Crippen LogP contribution >= 0.6 is 0 Å². The smallest absolute Gasteiger partial charge is 0.155 e. The Labute approximate surface area is 172 Å². The third-order valence-electron chi connectivity index (χ3n) is 5.10. The fourth-order valence-corrected chi connectivity index (χ4v) is 4.44. The van der Waals surface area contributed by atoms with Gasteiger partial charge in [-0.15, -0.1) is 0 Å². The number of fused-ring (bicyclic) bond motifs is 1. The van der Waals surface area contributed by atoms with Gasteiger partial charge in [0.25, 0.3) is 0 Å². The molecule has 29 heavy (non-hydrogen) atoms. The monoisotopic (exact) mass is 408 g/mol. The summed E-state index contributed by atoms with van der Waals surface area (Å²) in [5.41, 5.74) is 4.96. The van der Waals surface area contributed by atoms with Crippen molar-refractivity contribution in [2.45, 2.75) is 52.6 Å². The lowest BCUT2D eigenvalue weighted by atomic mass is 9.93. The Morgan fingerprint density at radius 1 is 1.21 bits per heavy atom. The van der Waals surface area contributed by atoms with E-state index < -0.39 is 8.07 Å². The molecule has 152 valence electrons. The Morgan fingerprint density at radius 2 is 2.03 bits per heavy atom. The van der Waals surface area contributed by atoms with E-state index in [4.69, 9.17) is 9.84 Å². The van der Waals surface area contributed by atoms with Gasteiger partial charge in [0.1, 0.15) is 12.4 Å². The topological polar surface area (TPSA) is 61.9 Å². The molecule has 0 unspecified atom stereocenters. The highest BCUT2D eigenvalue weighted by Gasteiger charge is 2.18. The number of carbonyl (C=O) groups is 1. The van der Waals surface area contributed by atoms with Gasteiger partial charge in [-0.2, -0.15) is 5.10 Å². The minimum absolute atomic E-state index is 0.208. The summed E-state index contributed by atoms with van der Waals surface area (Å²) in [7, 11) is -1.25. The van der Waals surface area contributed by atoms with Crippen LogP contribution in [-0.4, -0.2) is 39.4 Å². The average Bonchev–Trinajstić information content (AvgIpc) is 3.24. The Kier molecular flexibility index (Phi) is 5.27. The van der Waals surface area contributed by atoms with Gasteiger partial charge < -0.3 is 9.30 Å². The second kappa shape index (κ2) is 7.72. The van der Waals surface area contributed by atoms with Crippen molar-refractivity contribution in [1.29, 1.82) is 0 Å². The molecule has 0 amide bonds. The quantitative estimate of drug-likeness (QED) is 0.563. The number of pyridine rings is 1. The molecule has 0 spiro atoms. The summed E-state index contributed by atoms with van der Waals surface area (Å²) in [6.07, 6.45) is 11.0. The lowest BCUT2D eigenvalue weighted by Crippen LogP contribution is -2.28. The Balaban J connectivity index is 1.65. The van der Waals surface area contributed by atoms with Crippen LogP contribution in [-0.2, 0) is 16.3 Å². The van der Waals surface area contributed by atoms with Crippen LogP contribution in [0, 0.1) is 6.92 Å². The molecule has 0 atom stereocenters. The molecule has 0 saturated carbocycles. The summed E-state index contributed by atoms with van der Waals surface area (Å²) >= 11 is 0. The number of aromatic nitrogens is 4. The SMILES string of the molecule is Cc1nn(-c2ccnc3c2ccn3COC[Si](C)(C)C)cc1C1=CC(=O)CCC1. The summed E-state index contributed by atoms with van der Waals surface area (Å²) in [4.78, 5) is 16.4. The van der Waals surface area contributed by atoms with E-state index in [1.165, 1.54) is 0 Å². The van der Waals surface area contributed by atoms with Gasteiger partial charge in [-0.3, -0.25) is 4.79 Å². The van der Waals surface area contributed by atoms with Gasteiger partial charge in [-0.05, 0) is 43.5 Å². The standard InChI is InChI=1S/C22H28N4O2Si/c1-16-20(17-6-5-7-18(27)12-17)13-26(24-16)21-8-10-23-22-19(21)9-11-25(22)14-28-15-29(2,3)4/h8-13H,5-7,14-15H2,1-4H3. The van der Waals surface area contributed by atoms with Crippen LogP contribution in [0.1, 0.15) is 30.5 Å². The first kappa shape index (κ1) is 19.8. The van der Waals surface area contributed by atoms with E-state index in [1.807, 2.05) is 40.8 Å². The molecular weight excluding hydrogens is 380 g/mol. The minimum Gasteiger partial charge on any atom is -0.364 e. The second-order valence-electron chi connectivity index (χ2n) is 8.95. The summed E-state index contributed by atoms with van der Waals surface area (Å²) in [5, 5.41) is 5.77. The predicted molar refractivity (Wildman–Crippen MR) is 118 cm³/mol. The summed E-state index contributed by atoms with van der Waals surface area (Å²) in [6, 6.07) is 4.04. The van der Waals surface area contributed by atoms with Gasteiger partial charge in [-0.1, -0.05) is 19.6 Å². The van der Waals surface area contributed by atoms with Gasteiger partial charge in [-0.25, -0.2) is 9.67 Å². The average molecular weight is 409 g/mol. The highest BCUT2D eigenvalue weighted by Crippen LogP contribution is 2.29. The van der Waals surface area contributed by atoms with Gasteiger partial charge in [0, 0.05) is 42.2 Å². The number of rotatable bonds is 6. The van der Waals surface area contributed by atoms with E-state index in [0.717, 1.165) is 52.6 Å². The first-order chi connectivity index (χ1) is 13.8. The molecule has 3 heterocycles. The zero-order chi connectivity index (χ0) is 20.6. The molecule has 0 aromatic carbocycles. The van der Waals surface area contributed by atoms with Gasteiger partial charge in [0.2, 0.25) is 0 Å². The Hall–Kier alpha value is -2.51. The summed E-state index contributed by atoms with van der Waals surface area (Å²) in [5.74, 6) is 0.208. The third-order valence-corrected chi connectivity index (χ3v) is 6.17. The second-order valence-corrected chi connectivity index (χ2v) is 14.4. The molecule has 3 aromatic rings. The van der Waals surface area contributed by atoms with Crippen LogP contribution in [0.25, 0.3) is 22.3 Å². The molecule has 7 heteroatoms. The van der Waals surface area contributed by atoms with Gasteiger partial charge >= 0.3 is 0 Å². The fraction of sp³-hybridized carbons (Fsp3) is 0.409. The molecule has 0 aliphatic heterocycles. The van der Waals surface area contributed by atoms with Crippen LogP contribution in [0.4, 0.5) is 0 Å². The maximum Gasteiger partial charge on any atom is 0.155 e. The molecule has 1 aliphatic carbocycles. The molecule has 6 nitrogen and oxygen atoms in total. The molecule has 3 aromatic heterocycles. The van der Waals surface area contributed by atoms with Gasteiger partial charge in [0.05, 0.1) is 19.5 Å². The lowest BCUT2D eigenvalue weighted by Gasteiger charge is -2.16. The number of allylic oxidation sites excluding steroid dienone is 2. The van der Waals surface area contributed by atoms with E-state index >= 15 is 0 Å². The number of carbonyl (C=O) groups excluding carboxylic acids is 1. The van der Waals surface area contributed by atoms with E-state index in [2.05, 4.69) is 30.7 Å². The van der Waals surface area contributed by atoms with Gasteiger partial charge in [0.15, 0.2) is 5.78 Å². The number of ketones is 1. The molecular formula is C22H28N4O2Si. The fourth-order valence-electron chi connectivity index (χ4n) is 3.73. The number of ether oxygens (including phenoxy) is 1. The van der Waals surface area contributed by atoms with E-state index in [1.54, 1.807) is 6.08 Å². The summed E-state index contributed by atoms with van der Waals surface area (Å²) < 4.78 is 9.88. The molecule has 0 bridgehead atoms. The van der Waals surface area contributed by atoms with Crippen molar-refractivity contribution in [3.63, 3.8) is 0 Å². The maximum absolute atomic E-state index is 11.8. The van der Waals surface area contributed by atoms with Crippen molar-refractivity contribution < 1.29 is 9.53 Å². The van der Waals surface area contributed by atoms with Crippen molar-refractivity contribution in [3.8, 4) is 5.69 Å². The van der Waals surface area contributed by atoms with E-state index in [9.17, 15) is 4.79 Å². The zero-order valence-corrected chi connectivity index (χ0v) is 18.6. The number of hydrogen-bond donors (Lipinski definition) is 0. The first-order valence-electron chi connectivity index (χ1n) is 10.1. The highest BCUT2D eigenvalue weighted by molar-refractivity contribution is 6.76. The predicted octanol–water partition coefficient (Wildman–Crippen LogP) is 4.52. The Bertz CT molecular complexity index is 1090. The molecule has 0 fully saturated rings.